The predicted molar refractivity (Wildman–Crippen MR) is 116 cm³/mol. The molecule has 11 heteroatoms. The Hall–Kier alpha value is -2.92. The number of aromatic nitrogens is 2. The van der Waals surface area contributed by atoms with Gasteiger partial charge in [0.15, 0.2) is 11.5 Å². The number of carbonyl (C=O) groups excluding carboxylic acids is 1. The molecule has 0 spiro atoms. The summed E-state index contributed by atoms with van der Waals surface area (Å²) < 4.78 is 36.4. The summed E-state index contributed by atoms with van der Waals surface area (Å²) in [6.45, 7) is 1.62. The minimum absolute atomic E-state index is 0.197. The van der Waals surface area contributed by atoms with Crippen molar-refractivity contribution in [1.82, 2.24) is 14.3 Å². The van der Waals surface area contributed by atoms with E-state index in [1.54, 1.807) is 23.1 Å². The molecule has 0 saturated carbocycles. The maximum absolute atomic E-state index is 13.1. The van der Waals surface area contributed by atoms with E-state index < -0.39 is 10.0 Å². The minimum Gasteiger partial charge on any atom is -0.486 e. The van der Waals surface area contributed by atoms with Crippen molar-refractivity contribution < 1.29 is 22.7 Å². The molecule has 2 aliphatic rings. The largest absolute Gasteiger partial charge is 0.486 e. The zero-order valence-corrected chi connectivity index (χ0v) is 18.5. The van der Waals surface area contributed by atoms with E-state index in [1.807, 2.05) is 14.1 Å². The first-order chi connectivity index (χ1) is 14.7. The van der Waals surface area contributed by atoms with E-state index in [4.69, 9.17) is 9.47 Å². The molecule has 1 aromatic heterocycles. The van der Waals surface area contributed by atoms with E-state index in [0.29, 0.717) is 60.6 Å². The van der Waals surface area contributed by atoms with Crippen LogP contribution in [-0.4, -0.2) is 75.3 Å². The third-order valence-corrected chi connectivity index (χ3v) is 6.53. The topological polar surface area (TPSA) is 114 Å². The SMILES string of the molecule is CN(C)c1ncc(C(=O)Nc2ccc3c(c2)OCCO3)c(C2CCN(S(C)(=O)=O)C2)n1. The lowest BCUT2D eigenvalue weighted by Crippen LogP contribution is -2.28. The first-order valence-electron chi connectivity index (χ1n) is 9.93. The van der Waals surface area contributed by atoms with Gasteiger partial charge in [-0.1, -0.05) is 0 Å². The molecule has 31 heavy (non-hydrogen) atoms. The number of anilines is 2. The van der Waals surface area contributed by atoms with E-state index in [1.165, 1.54) is 16.8 Å². The molecule has 1 aromatic carbocycles. The highest BCUT2D eigenvalue weighted by atomic mass is 32.2. The molecule has 1 N–H and O–H groups in total. The number of sulfonamides is 1. The minimum atomic E-state index is -3.31. The van der Waals surface area contributed by atoms with Gasteiger partial charge >= 0.3 is 0 Å². The zero-order valence-electron chi connectivity index (χ0n) is 17.7. The summed E-state index contributed by atoms with van der Waals surface area (Å²) in [4.78, 5) is 23.7. The van der Waals surface area contributed by atoms with Crippen LogP contribution >= 0.6 is 0 Å². The van der Waals surface area contributed by atoms with Crippen molar-refractivity contribution in [2.45, 2.75) is 12.3 Å². The van der Waals surface area contributed by atoms with Crippen molar-refractivity contribution in [3.8, 4) is 11.5 Å². The number of amides is 1. The zero-order chi connectivity index (χ0) is 22.2. The average molecular weight is 448 g/mol. The number of carbonyl (C=O) groups is 1. The Bertz CT molecular complexity index is 1110. The number of nitrogens with zero attached hydrogens (tertiary/aromatic N) is 4. The van der Waals surface area contributed by atoms with Crippen LogP contribution in [0.25, 0.3) is 0 Å². The highest BCUT2D eigenvalue weighted by molar-refractivity contribution is 7.88. The van der Waals surface area contributed by atoms with E-state index in [-0.39, 0.29) is 18.4 Å². The van der Waals surface area contributed by atoms with Crippen LogP contribution in [0.1, 0.15) is 28.4 Å². The van der Waals surface area contributed by atoms with Crippen LogP contribution in [0.5, 0.6) is 11.5 Å². The fraction of sp³-hybridized carbons (Fsp3) is 0.450. The van der Waals surface area contributed by atoms with Crippen LogP contribution in [0.15, 0.2) is 24.4 Å². The summed E-state index contributed by atoms with van der Waals surface area (Å²) >= 11 is 0. The molecule has 2 aliphatic heterocycles. The molecule has 1 amide bonds. The number of ether oxygens (including phenoxy) is 2. The molecule has 1 atom stereocenters. The molecule has 166 valence electrons. The van der Waals surface area contributed by atoms with Gasteiger partial charge in [-0.25, -0.2) is 22.7 Å². The summed E-state index contributed by atoms with van der Waals surface area (Å²) in [7, 11) is 0.315. The van der Waals surface area contributed by atoms with E-state index >= 15 is 0 Å². The first kappa shape index (κ1) is 21.3. The molecular formula is C20H25N5O5S. The van der Waals surface area contributed by atoms with Crippen molar-refractivity contribution in [3.63, 3.8) is 0 Å². The Morgan fingerprint density at radius 3 is 2.65 bits per heavy atom. The summed E-state index contributed by atoms with van der Waals surface area (Å²) in [5, 5.41) is 2.86. The van der Waals surface area contributed by atoms with Gasteiger partial charge in [0.05, 0.1) is 17.5 Å². The number of rotatable bonds is 5. The van der Waals surface area contributed by atoms with Crippen molar-refractivity contribution in [1.29, 1.82) is 0 Å². The lowest BCUT2D eigenvalue weighted by atomic mass is 9.99. The van der Waals surface area contributed by atoms with Crippen molar-refractivity contribution in [2.24, 2.45) is 0 Å². The monoisotopic (exact) mass is 447 g/mol. The van der Waals surface area contributed by atoms with Crippen LogP contribution in [0, 0.1) is 0 Å². The number of hydrogen-bond donors (Lipinski definition) is 1. The average Bonchev–Trinajstić information content (AvgIpc) is 3.24. The quantitative estimate of drug-likeness (QED) is 0.730. The molecule has 1 fully saturated rings. The van der Waals surface area contributed by atoms with Gasteiger partial charge in [-0.05, 0) is 18.6 Å². The molecule has 3 heterocycles. The summed E-state index contributed by atoms with van der Waals surface area (Å²) in [5.41, 5.74) is 1.42. The lowest BCUT2D eigenvalue weighted by molar-refractivity contribution is 0.102. The van der Waals surface area contributed by atoms with Gasteiger partial charge in [0.2, 0.25) is 16.0 Å². The molecule has 0 radical (unpaired) electrons. The van der Waals surface area contributed by atoms with Gasteiger partial charge < -0.3 is 19.7 Å². The Kier molecular flexibility index (Phi) is 5.71. The van der Waals surface area contributed by atoms with Gasteiger partial charge in [0.25, 0.3) is 5.91 Å². The predicted octanol–water partition coefficient (Wildman–Crippen LogP) is 1.31. The van der Waals surface area contributed by atoms with Crippen LogP contribution in [-0.2, 0) is 10.0 Å². The Morgan fingerprint density at radius 1 is 1.23 bits per heavy atom. The summed E-state index contributed by atoms with van der Waals surface area (Å²) in [5.74, 6) is 1.11. The fourth-order valence-electron chi connectivity index (χ4n) is 3.66. The van der Waals surface area contributed by atoms with Crippen LogP contribution in [0.3, 0.4) is 0 Å². The molecule has 0 aliphatic carbocycles. The van der Waals surface area contributed by atoms with Gasteiger partial charge in [-0.15, -0.1) is 0 Å². The van der Waals surface area contributed by atoms with Crippen LogP contribution in [0.4, 0.5) is 11.6 Å². The second kappa shape index (κ2) is 8.31. The number of benzene rings is 1. The smallest absolute Gasteiger partial charge is 0.259 e. The number of nitrogens with one attached hydrogen (secondary N) is 1. The fourth-order valence-corrected chi connectivity index (χ4v) is 4.55. The third kappa shape index (κ3) is 4.57. The second-order valence-corrected chi connectivity index (χ2v) is 9.76. The number of fused-ring (bicyclic) bond motifs is 1. The molecule has 1 unspecified atom stereocenters. The van der Waals surface area contributed by atoms with Crippen LogP contribution in [0.2, 0.25) is 0 Å². The standard InChI is InChI=1S/C20H25N5O5S/c1-24(2)20-21-11-15(18(23-20)13-6-7-25(12-13)31(3,27)28)19(26)22-14-4-5-16-17(10-14)30-9-8-29-16/h4-5,10-11,13H,6-9,12H2,1-3H3,(H,22,26). The molecule has 4 rings (SSSR count). The van der Waals surface area contributed by atoms with Gasteiger partial charge in [0, 0.05) is 51.1 Å². The summed E-state index contributed by atoms with van der Waals surface area (Å²) in [6.07, 6.45) is 3.27. The Balaban J connectivity index is 1.62. The second-order valence-electron chi connectivity index (χ2n) is 7.78. The normalized spacial score (nSPS) is 18.6. The van der Waals surface area contributed by atoms with Gasteiger partial charge in [-0.3, -0.25) is 4.79 Å². The molecule has 2 aromatic rings. The highest BCUT2D eigenvalue weighted by Crippen LogP contribution is 2.34. The number of hydrogen-bond acceptors (Lipinski definition) is 8. The summed E-state index contributed by atoms with van der Waals surface area (Å²) in [6, 6.07) is 5.20. The highest BCUT2D eigenvalue weighted by Gasteiger charge is 2.33. The molecule has 0 bridgehead atoms. The maximum Gasteiger partial charge on any atom is 0.259 e. The van der Waals surface area contributed by atoms with E-state index in [2.05, 4.69) is 15.3 Å². The third-order valence-electron chi connectivity index (χ3n) is 5.26. The van der Waals surface area contributed by atoms with E-state index in [9.17, 15) is 13.2 Å². The molecular weight excluding hydrogens is 422 g/mol. The van der Waals surface area contributed by atoms with Crippen molar-refractivity contribution >= 4 is 27.6 Å². The van der Waals surface area contributed by atoms with Crippen molar-refractivity contribution in [3.05, 3.63) is 35.7 Å². The van der Waals surface area contributed by atoms with E-state index in [0.717, 1.165) is 0 Å². The van der Waals surface area contributed by atoms with Gasteiger partial charge in [0.1, 0.15) is 13.2 Å². The van der Waals surface area contributed by atoms with Crippen molar-refractivity contribution in [2.75, 3.05) is 56.9 Å². The lowest BCUT2D eigenvalue weighted by Gasteiger charge is -2.20. The Morgan fingerprint density at radius 2 is 1.97 bits per heavy atom. The molecule has 1 saturated heterocycles. The van der Waals surface area contributed by atoms with Crippen LogP contribution < -0.4 is 19.7 Å². The van der Waals surface area contributed by atoms with Gasteiger partial charge in [-0.2, -0.15) is 0 Å². The Labute approximate surface area is 181 Å². The molecule has 10 nitrogen and oxygen atoms in total. The maximum atomic E-state index is 13.1. The first-order valence-corrected chi connectivity index (χ1v) is 11.8.